The Labute approximate surface area is 95.1 Å². The minimum absolute atomic E-state index is 0.135. The molecule has 1 aliphatic carbocycles. The van der Waals surface area contributed by atoms with Crippen LogP contribution < -0.4 is 5.32 Å². The van der Waals surface area contributed by atoms with Gasteiger partial charge in [0.2, 0.25) is 0 Å². The number of terminal acetylenes is 1. The Balaban J connectivity index is 1.96. The molecule has 2 N–H and O–H groups in total. The number of rotatable bonds is 2. The molecule has 0 unspecified atom stereocenters. The van der Waals surface area contributed by atoms with E-state index < -0.39 is 0 Å². The molecule has 1 saturated carbocycles. The molecule has 2 rings (SSSR count). The fraction of sp³-hybridized carbons (Fsp3) is 0.500. The van der Waals surface area contributed by atoms with Crippen LogP contribution in [-0.2, 0) is 0 Å². The summed E-state index contributed by atoms with van der Waals surface area (Å²) < 4.78 is 0. The molecule has 1 aromatic rings. The Hall–Kier alpha value is -1.60. The molecular formula is C12H15N3O. The van der Waals surface area contributed by atoms with Gasteiger partial charge >= 0.3 is 0 Å². The first kappa shape index (κ1) is 10.9. The predicted octanol–water partition coefficient (Wildman–Crippen LogP) is 1.17. The lowest BCUT2D eigenvalue weighted by Crippen LogP contribution is -2.28. The largest absolute Gasteiger partial charge is 0.393 e. The lowest BCUT2D eigenvalue weighted by atomic mass is 9.93. The Bertz CT molecular complexity index is 391. The highest BCUT2D eigenvalue weighted by molar-refractivity contribution is 5.40. The second-order valence-electron chi connectivity index (χ2n) is 4.08. The number of hydrogen-bond acceptors (Lipinski definition) is 4. The van der Waals surface area contributed by atoms with Crippen LogP contribution in [0.25, 0.3) is 0 Å². The second kappa shape index (κ2) is 4.95. The van der Waals surface area contributed by atoms with Crippen molar-refractivity contribution >= 4 is 5.82 Å². The maximum absolute atomic E-state index is 9.40. The van der Waals surface area contributed by atoms with Gasteiger partial charge in [0.15, 0.2) is 0 Å². The summed E-state index contributed by atoms with van der Waals surface area (Å²) in [5.41, 5.74) is 0.591. The zero-order chi connectivity index (χ0) is 11.4. The first-order chi connectivity index (χ1) is 7.78. The zero-order valence-corrected chi connectivity index (χ0v) is 9.06. The van der Waals surface area contributed by atoms with Crippen LogP contribution in [0.3, 0.4) is 0 Å². The third-order valence-electron chi connectivity index (χ3n) is 2.86. The van der Waals surface area contributed by atoms with Crippen LogP contribution >= 0.6 is 0 Å². The Morgan fingerprint density at radius 1 is 1.31 bits per heavy atom. The van der Waals surface area contributed by atoms with Gasteiger partial charge in [0, 0.05) is 12.1 Å². The third-order valence-corrected chi connectivity index (χ3v) is 2.86. The van der Waals surface area contributed by atoms with E-state index in [9.17, 15) is 5.11 Å². The van der Waals surface area contributed by atoms with E-state index in [4.69, 9.17) is 6.42 Å². The summed E-state index contributed by atoms with van der Waals surface area (Å²) in [5, 5.41) is 12.7. The number of hydrogen-bond donors (Lipinski definition) is 2. The molecule has 0 aromatic carbocycles. The minimum Gasteiger partial charge on any atom is -0.393 e. The van der Waals surface area contributed by atoms with Gasteiger partial charge in [0.25, 0.3) is 0 Å². The van der Waals surface area contributed by atoms with Crippen LogP contribution in [0.4, 0.5) is 5.82 Å². The average Bonchev–Trinajstić information content (AvgIpc) is 2.32. The van der Waals surface area contributed by atoms with Crippen LogP contribution in [-0.4, -0.2) is 27.2 Å². The number of aliphatic hydroxyl groups is 1. The number of nitrogens with zero attached hydrogens (tertiary/aromatic N) is 2. The summed E-state index contributed by atoms with van der Waals surface area (Å²) in [6.07, 6.45) is 10.2. The molecule has 1 heterocycles. The summed E-state index contributed by atoms with van der Waals surface area (Å²) >= 11 is 0. The quantitative estimate of drug-likeness (QED) is 0.730. The molecule has 0 amide bonds. The van der Waals surface area contributed by atoms with Crippen molar-refractivity contribution in [2.75, 3.05) is 5.32 Å². The van der Waals surface area contributed by atoms with E-state index in [1.54, 1.807) is 6.07 Å². The molecule has 0 radical (unpaired) electrons. The van der Waals surface area contributed by atoms with E-state index in [-0.39, 0.29) is 6.10 Å². The zero-order valence-electron chi connectivity index (χ0n) is 9.06. The fourth-order valence-corrected chi connectivity index (χ4v) is 1.94. The SMILES string of the molecule is C#Cc1cc(NC2CCC(O)CC2)ncn1. The van der Waals surface area contributed by atoms with Gasteiger partial charge in [0.05, 0.1) is 6.10 Å². The molecule has 0 saturated heterocycles. The summed E-state index contributed by atoms with van der Waals surface area (Å²) in [6, 6.07) is 2.15. The molecule has 84 valence electrons. The van der Waals surface area contributed by atoms with Crippen LogP contribution in [0.1, 0.15) is 31.4 Å². The summed E-state index contributed by atoms with van der Waals surface area (Å²) in [7, 11) is 0. The van der Waals surface area contributed by atoms with E-state index in [1.165, 1.54) is 6.33 Å². The smallest absolute Gasteiger partial charge is 0.130 e. The maximum Gasteiger partial charge on any atom is 0.130 e. The van der Waals surface area contributed by atoms with Crippen molar-refractivity contribution in [3.05, 3.63) is 18.1 Å². The van der Waals surface area contributed by atoms with Gasteiger partial charge < -0.3 is 10.4 Å². The number of aliphatic hydroxyl groups excluding tert-OH is 1. The van der Waals surface area contributed by atoms with E-state index in [1.807, 2.05) is 0 Å². The molecule has 0 aliphatic heterocycles. The van der Waals surface area contributed by atoms with Gasteiger partial charge in [-0.2, -0.15) is 0 Å². The van der Waals surface area contributed by atoms with Crippen LogP contribution in [0.5, 0.6) is 0 Å². The van der Waals surface area contributed by atoms with Crippen molar-refractivity contribution in [1.82, 2.24) is 9.97 Å². The van der Waals surface area contributed by atoms with E-state index >= 15 is 0 Å². The van der Waals surface area contributed by atoms with Gasteiger partial charge in [0.1, 0.15) is 17.8 Å². The molecule has 0 bridgehead atoms. The van der Waals surface area contributed by atoms with Crippen LogP contribution in [0.15, 0.2) is 12.4 Å². The molecule has 0 atom stereocenters. The first-order valence-corrected chi connectivity index (χ1v) is 5.51. The molecule has 0 spiro atoms. The van der Waals surface area contributed by atoms with Gasteiger partial charge in [-0.05, 0) is 25.7 Å². The monoisotopic (exact) mass is 217 g/mol. The van der Waals surface area contributed by atoms with Crippen molar-refractivity contribution in [2.24, 2.45) is 0 Å². The van der Waals surface area contributed by atoms with E-state index in [0.717, 1.165) is 31.5 Å². The highest BCUT2D eigenvalue weighted by Gasteiger charge is 2.19. The van der Waals surface area contributed by atoms with Crippen molar-refractivity contribution in [2.45, 2.75) is 37.8 Å². The van der Waals surface area contributed by atoms with Gasteiger partial charge in [-0.15, -0.1) is 6.42 Å². The summed E-state index contributed by atoms with van der Waals surface area (Å²) in [5.74, 6) is 3.25. The van der Waals surface area contributed by atoms with Crippen molar-refractivity contribution in [3.63, 3.8) is 0 Å². The van der Waals surface area contributed by atoms with Crippen molar-refractivity contribution in [3.8, 4) is 12.3 Å². The fourth-order valence-electron chi connectivity index (χ4n) is 1.94. The summed E-state index contributed by atoms with van der Waals surface area (Å²) in [4.78, 5) is 8.06. The van der Waals surface area contributed by atoms with Crippen LogP contribution in [0.2, 0.25) is 0 Å². The van der Waals surface area contributed by atoms with Gasteiger partial charge in [-0.1, -0.05) is 5.92 Å². The minimum atomic E-state index is -0.135. The van der Waals surface area contributed by atoms with E-state index in [0.29, 0.717) is 11.7 Å². The molecule has 4 heteroatoms. The van der Waals surface area contributed by atoms with Crippen LogP contribution in [0, 0.1) is 12.3 Å². The molecule has 4 nitrogen and oxygen atoms in total. The Kier molecular flexibility index (Phi) is 3.37. The molecule has 1 fully saturated rings. The normalized spacial score (nSPS) is 24.8. The topological polar surface area (TPSA) is 58.0 Å². The van der Waals surface area contributed by atoms with Gasteiger partial charge in [-0.3, -0.25) is 0 Å². The molecule has 1 aromatic heterocycles. The average molecular weight is 217 g/mol. The van der Waals surface area contributed by atoms with Crippen molar-refractivity contribution in [1.29, 1.82) is 0 Å². The lowest BCUT2D eigenvalue weighted by Gasteiger charge is -2.26. The number of aromatic nitrogens is 2. The summed E-state index contributed by atoms with van der Waals surface area (Å²) in [6.45, 7) is 0. The third kappa shape index (κ3) is 2.71. The van der Waals surface area contributed by atoms with Crippen molar-refractivity contribution < 1.29 is 5.11 Å². The molecule has 1 aliphatic rings. The second-order valence-corrected chi connectivity index (χ2v) is 4.08. The molecular weight excluding hydrogens is 202 g/mol. The number of anilines is 1. The van der Waals surface area contributed by atoms with E-state index in [2.05, 4.69) is 21.2 Å². The lowest BCUT2D eigenvalue weighted by molar-refractivity contribution is 0.126. The maximum atomic E-state index is 9.40. The predicted molar refractivity (Wildman–Crippen MR) is 61.9 cm³/mol. The van der Waals surface area contributed by atoms with Gasteiger partial charge in [-0.25, -0.2) is 9.97 Å². The Morgan fingerprint density at radius 3 is 2.75 bits per heavy atom. The Morgan fingerprint density at radius 2 is 2.06 bits per heavy atom. The standard InChI is InChI=1S/C12H15N3O/c1-2-9-7-12(14-8-13-9)15-10-3-5-11(16)6-4-10/h1,7-8,10-11,16H,3-6H2,(H,13,14,15). The first-order valence-electron chi connectivity index (χ1n) is 5.51. The highest BCUT2D eigenvalue weighted by Crippen LogP contribution is 2.21. The molecule has 16 heavy (non-hydrogen) atoms. The number of nitrogens with one attached hydrogen (secondary N) is 1. The highest BCUT2D eigenvalue weighted by atomic mass is 16.3.